The van der Waals surface area contributed by atoms with Gasteiger partial charge in [-0.25, -0.2) is 4.79 Å². The molecule has 6 N–H and O–H groups in total. The molecule has 322 valence electrons. The summed E-state index contributed by atoms with van der Waals surface area (Å²) < 4.78 is 59.4. The average molecular weight is 834 g/mol. The van der Waals surface area contributed by atoms with E-state index in [4.69, 9.17) is 23.7 Å². The van der Waals surface area contributed by atoms with Gasteiger partial charge in [0.05, 0.1) is 19.3 Å². The molecule has 57 heavy (non-hydrogen) atoms. The second-order valence-corrected chi connectivity index (χ2v) is 13.4. The summed E-state index contributed by atoms with van der Waals surface area (Å²) in [5.41, 5.74) is 0.363. The van der Waals surface area contributed by atoms with Gasteiger partial charge in [-0.1, -0.05) is 34.1 Å². The van der Waals surface area contributed by atoms with E-state index in [2.05, 4.69) is 10.6 Å². The molecule has 21 heteroatoms. The summed E-state index contributed by atoms with van der Waals surface area (Å²) in [6, 6.07) is 2.88. The Morgan fingerprint density at radius 3 is 2.26 bits per heavy atom. The van der Waals surface area contributed by atoms with E-state index >= 15 is 0 Å². The number of imide groups is 1. The monoisotopic (exact) mass is 833 g/mol. The number of nitrogens with zero attached hydrogens (tertiary/aromatic N) is 1. The van der Waals surface area contributed by atoms with E-state index in [-0.39, 0.29) is 63.9 Å². The zero-order valence-corrected chi connectivity index (χ0v) is 33.5. The lowest BCUT2D eigenvalue weighted by Gasteiger charge is -2.35. The van der Waals surface area contributed by atoms with Crippen LogP contribution in [0.15, 0.2) is 30.4 Å². The molecule has 0 saturated carbocycles. The first-order chi connectivity index (χ1) is 27.0. The van der Waals surface area contributed by atoms with E-state index in [1.165, 1.54) is 37.3 Å². The topological polar surface area (TPSA) is 291 Å². The molecule has 2 aliphatic rings. The van der Waals surface area contributed by atoms with Gasteiger partial charge < -0.3 is 49.6 Å². The van der Waals surface area contributed by atoms with Gasteiger partial charge in [-0.3, -0.25) is 33.4 Å². The van der Waals surface area contributed by atoms with Crippen molar-refractivity contribution in [3.63, 3.8) is 0 Å². The maximum Gasteiger partial charge on any atom is 0.335 e. The fraction of sp³-hybridized carbons (Fsp3) is 0.611. The predicted octanol–water partition coefficient (Wildman–Crippen LogP) is 0.472. The van der Waals surface area contributed by atoms with Crippen molar-refractivity contribution in [1.29, 1.82) is 0 Å². The summed E-state index contributed by atoms with van der Waals surface area (Å²) in [5.74, 6) is -5.14. The number of amides is 4. The number of aliphatic hydroxyl groups is 2. The lowest BCUT2D eigenvalue weighted by molar-refractivity contribution is -0.228. The molecular formula is C36H55N3O17S. The molecule has 1 fully saturated rings. The minimum atomic E-state index is -4.65. The number of carbonyl (C=O) groups is 6. The predicted molar refractivity (Wildman–Crippen MR) is 200 cm³/mol. The molecule has 0 radical (unpaired) electrons. The van der Waals surface area contributed by atoms with Crippen LogP contribution in [-0.4, -0.2) is 138 Å². The van der Waals surface area contributed by atoms with Crippen LogP contribution in [0.5, 0.6) is 11.5 Å². The summed E-state index contributed by atoms with van der Waals surface area (Å²) in [5, 5.41) is 34.0. The molecule has 0 spiro atoms. The molecule has 5 atom stereocenters. The molecule has 2 aliphatic heterocycles. The van der Waals surface area contributed by atoms with Crippen LogP contribution in [0.2, 0.25) is 0 Å². The number of aliphatic carboxylic acids is 1. The molecule has 0 bridgehead atoms. The number of hydrogen-bond donors (Lipinski definition) is 6. The van der Waals surface area contributed by atoms with Gasteiger partial charge in [-0.15, -0.1) is 0 Å². The Morgan fingerprint density at radius 2 is 1.65 bits per heavy atom. The highest BCUT2D eigenvalue weighted by molar-refractivity contribution is 7.85. The van der Waals surface area contributed by atoms with Crippen LogP contribution < -0.4 is 20.1 Å². The van der Waals surface area contributed by atoms with E-state index in [1.54, 1.807) is 0 Å². The number of carbonyl (C=O) groups excluding carboxylic acids is 5. The van der Waals surface area contributed by atoms with Gasteiger partial charge in [0.2, 0.25) is 18.1 Å². The van der Waals surface area contributed by atoms with Crippen LogP contribution in [0.4, 0.5) is 0 Å². The number of benzene rings is 1. The summed E-state index contributed by atoms with van der Waals surface area (Å²) in [6.45, 7) is 9.04. The van der Waals surface area contributed by atoms with Crippen LogP contribution in [0.1, 0.15) is 72.3 Å². The second kappa shape index (κ2) is 26.3. The maximum atomic E-state index is 12.6. The summed E-state index contributed by atoms with van der Waals surface area (Å²) in [6.07, 6.45) is -2.90. The van der Waals surface area contributed by atoms with Gasteiger partial charge in [0.1, 0.15) is 42.6 Å². The molecule has 0 aliphatic carbocycles. The highest BCUT2D eigenvalue weighted by Gasteiger charge is 2.42. The average Bonchev–Trinajstić information content (AvgIpc) is 3.48. The lowest BCUT2D eigenvalue weighted by Crippen LogP contribution is -2.53. The summed E-state index contributed by atoms with van der Waals surface area (Å²) in [7, 11) is -4.65. The van der Waals surface area contributed by atoms with Gasteiger partial charge in [0, 0.05) is 56.6 Å². The molecule has 1 aromatic rings. The highest BCUT2D eigenvalue weighted by atomic mass is 32.2. The third-order valence-electron chi connectivity index (χ3n) is 7.67. The Labute approximate surface area is 331 Å². The minimum absolute atomic E-state index is 0.00836. The summed E-state index contributed by atoms with van der Waals surface area (Å²) in [4.78, 5) is 72.0. The number of unbranched alkanes of at least 4 members (excludes halogenated alkanes) is 2. The lowest BCUT2D eigenvalue weighted by atomic mass is 10.0. The normalized spacial score (nSPS) is 19.3. The molecule has 0 aromatic heterocycles. The van der Waals surface area contributed by atoms with Crippen LogP contribution in [0, 0.1) is 0 Å². The molecule has 20 nitrogen and oxygen atoms in total. The molecule has 3 rings (SSSR count). The number of aliphatic hydroxyl groups excluding tert-OH is 2. The van der Waals surface area contributed by atoms with Crippen molar-refractivity contribution in [2.45, 2.75) is 104 Å². The maximum absolute atomic E-state index is 12.6. The molecule has 1 saturated heterocycles. The Kier molecular flexibility index (Phi) is 23.2. The van der Waals surface area contributed by atoms with E-state index in [9.17, 15) is 57.1 Å². The number of nitrogens with one attached hydrogen (secondary N) is 2. The van der Waals surface area contributed by atoms with Crippen molar-refractivity contribution in [3.05, 3.63) is 35.9 Å². The standard InChI is InChI=1S/C32H43N3O17S.2C2H6/c1-19(36)50-17-20-6-7-21(15-24(20)51-28-16-23(37)29(41)30(52-28)32(43)44)49-14-13-48-12-10-33-31(42)22(18-53(45,46)47)34-25(38)5-3-2-4-11-35-26(39)8-9-27(35)40;2*1-2/h6-9,15,22-23,28-30,37,41H,2-5,10-14,16-18H2,1H3,(H,33,42)(H,34,38)(H,43,44)(H,45,46,47);2*1-2H3/t22?,23?,28?,29-,30?;;/m0../s1. The smallest absolute Gasteiger partial charge is 0.335 e. The van der Waals surface area contributed by atoms with E-state index < -0.39 is 82.1 Å². The second-order valence-electron chi connectivity index (χ2n) is 11.9. The van der Waals surface area contributed by atoms with Gasteiger partial charge >= 0.3 is 11.9 Å². The van der Waals surface area contributed by atoms with Crippen molar-refractivity contribution in [2.24, 2.45) is 0 Å². The zero-order valence-electron chi connectivity index (χ0n) is 32.7. The fourth-order valence-corrected chi connectivity index (χ4v) is 5.68. The van der Waals surface area contributed by atoms with E-state index in [0.717, 1.165) is 4.90 Å². The van der Waals surface area contributed by atoms with Crippen molar-refractivity contribution in [3.8, 4) is 11.5 Å². The van der Waals surface area contributed by atoms with Crippen molar-refractivity contribution >= 4 is 45.7 Å². The molecule has 4 unspecified atom stereocenters. The summed E-state index contributed by atoms with van der Waals surface area (Å²) >= 11 is 0. The van der Waals surface area contributed by atoms with Gasteiger partial charge in [-0.2, -0.15) is 8.42 Å². The molecule has 4 amide bonds. The SMILES string of the molecule is CC.CC.CC(=O)OCc1ccc(OCCOCCNC(=O)C(CS(=O)(=O)O)NC(=O)CCCCCN2C(=O)C=CC2=O)cc1OC1CC(O)[C@H](O)C(C(=O)O)O1. The van der Waals surface area contributed by atoms with Crippen molar-refractivity contribution in [1.82, 2.24) is 15.5 Å². The first-order valence-corrected chi connectivity index (χ1v) is 20.1. The van der Waals surface area contributed by atoms with Crippen LogP contribution >= 0.6 is 0 Å². The van der Waals surface area contributed by atoms with Gasteiger partial charge in [-0.05, 0) is 25.0 Å². The Morgan fingerprint density at radius 1 is 0.982 bits per heavy atom. The van der Waals surface area contributed by atoms with E-state index in [1.807, 2.05) is 27.7 Å². The van der Waals surface area contributed by atoms with Gasteiger partial charge in [0.15, 0.2) is 6.10 Å². The number of esters is 1. The molecular weight excluding hydrogens is 778 g/mol. The molecule has 2 heterocycles. The van der Waals surface area contributed by atoms with Crippen LogP contribution in [-0.2, 0) is 59.7 Å². The third kappa shape index (κ3) is 18.9. The number of carboxylic acid groups (broad SMARTS) is 1. The minimum Gasteiger partial charge on any atom is -0.491 e. The van der Waals surface area contributed by atoms with Crippen molar-refractivity contribution in [2.75, 3.05) is 38.7 Å². The fourth-order valence-electron chi connectivity index (χ4n) is 5.03. The number of ether oxygens (including phenoxy) is 5. The first-order valence-electron chi connectivity index (χ1n) is 18.5. The largest absolute Gasteiger partial charge is 0.491 e. The van der Waals surface area contributed by atoms with Crippen LogP contribution in [0.3, 0.4) is 0 Å². The Bertz CT molecular complexity index is 1600. The third-order valence-corrected chi connectivity index (χ3v) is 8.42. The Balaban J connectivity index is 0.00000393. The van der Waals surface area contributed by atoms with E-state index in [0.29, 0.717) is 24.8 Å². The van der Waals surface area contributed by atoms with Gasteiger partial charge in [0.25, 0.3) is 21.9 Å². The van der Waals surface area contributed by atoms with Crippen LogP contribution in [0.25, 0.3) is 0 Å². The first kappa shape index (κ1) is 50.3. The zero-order chi connectivity index (χ0) is 43.1. The number of carboxylic acids is 1. The Hall–Kier alpha value is -4.67. The quantitative estimate of drug-likeness (QED) is 0.0401. The number of rotatable bonds is 22. The molecule has 1 aromatic carbocycles. The highest BCUT2D eigenvalue weighted by Crippen LogP contribution is 2.30. The number of hydrogen-bond acceptors (Lipinski definition) is 15. The van der Waals surface area contributed by atoms with Crippen molar-refractivity contribution < 1.29 is 80.7 Å².